The Morgan fingerprint density at radius 1 is 1.50 bits per heavy atom. The first-order valence-corrected chi connectivity index (χ1v) is 5.92. The van der Waals surface area contributed by atoms with Crippen LogP contribution >= 0.6 is 15.9 Å². The molecule has 1 heterocycles. The zero-order chi connectivity index (χ0) is 13.3. The predicted octanol–water partition coefficient (Wildman–Crippen LogP) is 1.71. The van der Waals surface area contributed by atoms with Gasteiger partial charge in [-0.05, 0) is 18.2 Å². The summed E-state index contributed by atoms with van der Waals surface area (Å²) in [5.74, 6) is -0.773. The summed E-state index contributed by atoms with van der Waals surface area (Å²) in [6.07, 6.45) is -0.264. The van der Waals surface area contributed by atoms with Gasteiger partial charge in [0.05, 0.1) is 24.6 Å². The van der Waals surface area contributed by atoms with Gasteiger partial charge in [0.2, 0.25) is 0 Å². The van der Waals surface area contributed by atoms with E-state index in [1.165, 1.54) is 7.11 Å². The molecule has 0 atom stereocenters. The lowest BCUT2D eigenvalue weighted by Crippen LogP contribution is -2.17. The predicted molar refractivity (Wildman–Crippen MR) is 69.7 cm³/mol. The normalized spacial score (nSPS) is 10.6. The van der Waals surface area contributed by atoms with Crippen molar-refractivity contribution >= 4 is 32.8 Å². The number of hydrogen-bond acceptors (Lipinski definition) is 4. The number of ether oxygens (including phenoxy) is 1. The second kappa shape index (κ2) is 4.81. The largest absolute Gasteiger partial charge is 0.507 e. The molecule has 0 bridgehead atoms. The first kappa shape index (κ1) is 12.6. The lowest BCUT2D eigenvalue weighted by molar-refractivity contribution is -0.139. The third-order valence-corrected chi connectivity index (χ3v) is 3.09. The summed E-state index contributed by atoms with van der Waals surface area (Å²) in [4.78, 5) is 25.6. The molecule has 0 unspecified atom stereocenters. The van der Waals surface area contributed by atoms with E-state index in [0.29, 0.717) is 10.9 Å². The highest BCUT2D eigenvalue weighted by Gasteiger charge is 2.15. The maximum atomic E-state index is 11.8. The quantitative estimate of drug-likeness (QED) is 0.828. The molecule has 0 amide bonds. The number of hydrogen-bond donors (Lipinski definition) is 2. The van der Waals surface area contributed by atoms with Crippen molar-refractivity contribution in [3.63, 3.8) is 0 Å². The monoisotopic (exact) mass is 311 g/mol. The van der Waals surface area contributed by atoms with Crippen molar-refractivity contribution in [1.29, 1.82) is 0 Å². The van der Waals surface area contributed by atoms with E-state index in [-0.39, 0.29) is 17.7 Å². The van der Waals surface area contributed by atoms with Crippen molar-refractivity contribution in [3.8, 4) is 5.75 Å². The molecular formula is C12H10BrNO4. The van der Waals surface area contributed by atoms with E-state index in [4.69, 9.17) is 0 Å². The minimum atomic E-state index is -0.579. The molecule has 6 heteroatoms. The molecule has 0 aliphatic carbocycles. The fraction of sp³-hybridized carbons (Fsp3) is 0.167. The zero-order valence-electron chi connectivity index (χ0n) is 9.49. The molecule has 18 heavy (non-hydrogen) atoms. The summed E-state index contributed by atoms with van der Waals surface area (Å²) in [7, 11) is 1.23. The van der Waals surface area contributed by atoms with E-state index >= 15 is 0 Å². The van der Waals surface area contributed by atoms with E-state index in [9.17, 15) is 14.7 Å². The Labute approximate surface area is 111 Å². The van der Waals surface area contributed by atoms with Gasteiger partial charge in [-0.1, -0.05) is 15.9 Å². The van der Waals surface area contributed by atoms with Crippen molar-refractivity contribution in [2.24, 2.45) is 0 Å². The van der Waals surface area contributed by atoms with E-state index in [2.05, 4.69) is 25.7 Å². The lowest BCUT2D eigenvalue weighted by atomic mass is 10.1. The zero-order valence-corrected chi connectivity index (χ0v) is 11.1. The van der Waals surface area contributed by atoms with Crippen LogP contribution in [-0.2, 0) is 16.0 Å². The van der Waals surface area contributed by atoms with Crippen LogP contribution in [0.15, 0.2) is 27.5 Å². The Kier molecular flexibility index (Phi) is 3.38. The van der Waals surface area contributed by atoms with E-state index in [1.54, 1.807) is 18.2 Å². The molecule has 0 saturated carbocycles. The standard InChI is InChI=1S/C12H10BrNO4/c1-18-10(15)5-8-11(16)7-4-6(13)2-3-9(7)14-12(8)17/h2-4H,5H2,1H3,(H2,14,16,17). The minimum Gasteiger partial charge on any atom is -0.507 e. The summed E-state index contributed by atoms with van der Waals surface area (Å²) in [6, 6.07) is 5.08. The van der Waals surface area contributed by atoms with Crippen molar-refractivity contribution < 1.29 is 14.6 Å². The van der Waals surface area contributed by atoms with Crippen molar-refractivity contribution in [2.75, 3.05) is 7.11 Å². The summed E-state index contributed by atoms with van der Waals surface area (Å²) in [6.45, 7) is 0. The van der Waals surface area contributed by atoms with Gasteiger partial charge in [-0.2, -0.15) is 0 Å². The van der Waals surface area contributed by atoms with E-state index in [0.717, 1.165) is 4.47 Å². The number of fused-ring (bicyclic) bond motifs is 1. The molecule has 2 aromatic rings. The van der Waals surface area contributed by atoms with Crippen LogP contribution in [0.25, 0.3) is 10.9 Å². The summed E-state index contributed by atoms with van der Waals surface area (Å²) < 4.78 is 5.25. The van der Waals surface area contributed by atoms with Crippen molar-refractivity contribution in [1.82, 2.24) is 4.98 Å². The number of pyridine rings is 1. The maximum absolute atomic E-state index is 11.8. The average molecular weight is 312 g/mol. The molecule has 1 aromatic carbocycles. The Bertz CT molecular complexity index is 678. The van der Waals surface area contributed by atoms with Gasteiger partial charge in [-0.25, -0.2) is 0 Å². The lowest BCUT2D eigenvalue weighted by Gasteiger charge is -2.06. The van der Waals surface area contributed by atoms with Gasteiger partial charge in [0, 0.05) is 9.86 Å². The third-order valence-electron chi connectivity index (χ3n) is 2.59. The van der Waals surface area contributed by atoms with Crippen molar-refractivity contribution in [3.05, 3.63) is 38.6 Å². The van der Waals surface area contributed by atoms with Crippen LogP contribution in [-0.4, -0.2) is 23.2 Å². The molecule has 0 aliphatic rings. The number of carbonyl (C=O) groups is 1. The number of methoxy groups -OCH3 is 1. The molecule has 2 N–H and O–H groups in total. The second-order valence-corrected chi connectivity index (χ2v) is 4.64. The SMILES string of the molecule is COC(=O)Cc1c(O)c2cc(Br)ccc2[nH]c1=O. The molecule has 0 aliphatic heterocycles. The molecular weight excluding hydrogens is 302 g/mol. The summed E-state index contributed by atoms with van der Waals surface area (Å²) in [5, 5.41) is 10.5. The van der Waals surface area contributed by atoms with Crippen LogP contribution in [0.5, 0.6) is 5.75 Å². The highest BCUT2D eigenvalue weighted by molar-refractivity contribution is 9.10. The molecule has 0 fully saturated rings. The fourth-order valence-corrected chi connectivity index (χ4v) is 2.03. The van der Waals surface area contributed by atoms with Crippen LogP contribution in [0.2, 0.25) is 0 Å². The molecule has 1 aromatic heterocycles. The van der Waals surface area contributed by atoms with Crippen LogP contribution in [0, 0.1) is 0 Å². The van der Waals surface area contributed by atoms with E-state index in [1.807, 2.05) is 0 Å². The van der Waals surface area contributed by atoms with Gasteiger partial charge in [-0.3, -0.25) is 9.59 Å². The number of nitrogens with one attached hydrogen (secondary N) is 1. The number of H-pyrrole nitrogens is 1. The second-order valence-electron chi connectivity index (χ2n) is 3.72. The van der Waals surface area contributed by atoms with Crippen molar-refractivity contribution in [2.45, 2.75) is 6.42 Å². The fourth-order valence-electron chi connectivity index (χ4n) is 1.67. The van der Waals surface area contributed by atoms with Crippen LogP contribution in [0.4, 0.5) is 0 Å². The minimum absolute atomic E-state index is 0.00690. The summed E-state index contributed by atoms with van der Waals surface area (Å²) >= 11 is 3.28. The Hall–Kier alpha value is -1.82. The molecule has 2 rings (SSSR count). The van der Waals surface area contributed by atoms with Crippen LogP contribution < -0.4 is 5.56 Å². The Morgan fingerprint density at radius 3 is 2.89 bits per heavy atom. The van der Waals surface area contributed by atoms with Gasteiger partial charge < -0.3 is 14.8 Å². The smallest absolute Gasteiger partial charge is 0.310 e. The average Bonchev–Trinajstić information content (AvgIpc) is 2.35. The number of aromatic hydroxyl groups is 1. The highest BCUT2D eigenvalue weighted by Crippen LogP contribution is 2.27. The molecule has 0 saturated heterocycles. The van der Waals surface area contributed by atoms with Crippen LogP contribution in [0.3, 0.4) is 0 Å². The van der Waals surface area contributed by atoms with Gasteiger partial charge in [0.1, 0.15) is 5.75 Å². The maximum Gasteiger partial charge on any atom is 0.310 e. The highest BCUT2D eigenvalue weighted by atomic mass is 79.9. The molecule has 0 spiro atoms. The van der Waals surface area contributed by atoms with Crippen LogP contribution in [0.1, 0.15) is 5.56 Å². The number of aromatic amines is 1. The first-order chi connectivity index (χ1) is 8.52. The van der Waals surface area contributed by atoms with E-state index < -0.39 is 11.5 Å². The molecule has 0 radical (unpaired) electrons. The van der Waals surface area contributed by atoms with Gasteiger partial charge in [0.25, 0.3) is 5.56 Å². The summed E-state index contributed by atoms with van der Waals surface area (Å²) in [5.41, 5.74) is 0.0227. The number of benzene rings is 1. The first-order valence-electron chi connectivity index (χ1n) is 5.13. The number of aromatic nitrogens is 1. The molecule has 94 valence electrons. The number of carbonyl (C=O) groups excluding carboxylic acids is 1. The Morgan fingerprint density at radius 2 is 2.22 bits per heavy atom. The van der Waals surface area contributed by atoms with Gasteiger partial charge in [0.15, 0.2) is 0 Å². The third kappa shape index (κ3) is 2.24. The number of rotatable bonds is 2. The topological polar surface area (TPSA) is 79.4 Å². The number of halogens is 1. The Balaban J connectivity index is 2.67. The molecule has 5 nitrogen and oxygen atoms in total. The van der Waals surface area contributed by atoms with Gasteiger partial charge >= 0.3 is 5.97 Å². The number of esters is 1. The van der Waals surface area contributed by atoms with Gasteiger partial charge in [-0.15, -0.1) is 0 Å².